The first-order chi connectivity index (χ1) is 10.1. The van der Waals surface area contributed by atoms with Crippen LogP contribution in [0.4, 0.5) is 5.69 Å². The first-order valence-electron chi connectivity index (χ1n) is 6.55. The Morgan fingerprint density at radius 2 is 1.71 bits per heavy atom. The van der Waals surface area contributed by atoms with Gasteiger partial charge in [-0.05, 0) is 43.3 Å². The molecule has 0 aliphatic heterocycles. The second-order valence-corrected chi connectivity index (χ2v) is 5.80. The third kappa shape index (κ3) is 2.73. The van der Waals surface area contributed by atoms with Gasteiger partial charge in [0.15, 0.2) is 0 Å². The molecule has 21 heavy (non-hydrogen) atoms. The SMILES string of the molecule is Cc1[nH]n(-c2ccccc2)c(=O)c1Sc1ccc(N)cc1. The zero-order valence-electron chi connectivity index (χ0n) is 11.5. The Balaban J connectivity index is 1.99. The van der Waals surface area contributed by atoms with Crippen LogP contribution in [-0.4, -0.2) is 9.78 Å². The lowest BCUT2D eigenvalue weighted by Crippen LogP contribution is -2.15. The first-order valence-corrected chi connectivity index (χ1v) is 7.37. The van der Waals surface area contributed by atoms with Crippen LogP contribution in [0.15, 0.2) is 69.2 Å². The molecule has 0 unspecified atom stereocenters. The number of hydrogen-bond acceptors (Lipinski definition) is 3. The Morgan fingerprint density at radius 1 is 1.05 bits per heavy atom. The van der Waals surface area contributed by atoms with Crippen molar-refractivity contribution in [3.63, 3.8) is 0 Å². The van der Waals surface area contributed by atoms with Crippen LogP contribution in [0, 0.1) is 6.92 Å². The standard InChI is InChI=1S/C16H15N3OS/c1-11-15(21-14-9-7-12(17)8-10-14)16(20)19(18-11)13-5-3-2-4-6-13/h2-10,18H,17H2,1H3. The van der Waals surface area contributed by atoms with Crippen molar-refractivity contribution in [1.29, 1.82) is 0 Å². The van der Waals surface area contributed by atoms with Crippen molar-refractivity contribution in [2.24, 2.45) is 0 Å². The summed E-state index contributed by atoms with van der Waals surface area (Å²) in [5.41, 5.74) is 8.03. The van der Waals surface area contributed by atoms with E-state index in [9.17, 15) is 4.79 Å². The van der Waals surface area contributed by atoms with E-state index < -0.39 is 0 Å². The van der Waals surface area contributed by atoms with Gasteiger partial charge in [-0.25, -0.2) is 4.68 Å². The monoisotopic (exact) mass is 297 g/mol. The topological polar surface area (TPSA) is 63.8 Å². The maximum atomic E-state index is 12.5. The van der Waals surface area contributed by atoms with Gasteiger partial charge < -0.3 is 5.73 Å². The van der Waals surface area contributed by atoms with Gasteiger partial charge >= 0.3 is 0 Å². The van der Waals surface area contributed by atoms with Gasteiger partial charge in [-0.15, -0.1) is 0 Å². The number of para-hydroxylation sites is 1. The van der Waals surface area contributed by atoms with E-state index in [1.807, 2.05) is 61.5 Å². The van der Waals surface area contributed by atoms with E-state index in [0.717, 1.165) is 16.3 Å². The van der Waals surface area contributed by atoms with E-state index in [-0.39, 0.29) is 5.56 Å². The van der Waals surface area contributed by atoms with Gasteiger partial charge in [-0.3, -0.25) is 9.89 Å². The van der Waals surface area contributed by atoms with Crippen LogP contribution in [0.1, 0.15) is 5.69 Å². The molecule has 0 bridgehead atoms. The van der Waals surface area contributed by atoms with Gasteiger partial charge in [-0.2, -0.15) is 0 Å². The largest absolute Gasteiger partial charge is 0.399 e. The van der Waals surface area contributed by atoms with Crippen LogP contribution in [0.25, 0.3) is 5.69 Å². The van der Waals surface area contributed by atoms with Gasteiger partial charge in [0.2, 0.25) is 0 Å². The Labute approximate surface area is 126 Å². The minimum absolute atomic E-state index is 0.0412. The lowest BCUT2D eigenvalue weighted by molar-refractivity contribution is 0.834. The van der Waals surface area contributed by atoms with Crippen molar-refractivity contribution in [2.75, 3.05) is 5.73 Å². The van der Waals surface area contributed by atoms with Gasteiger partial charge in [0, 0.05) is 16.3 Å². The molecule has 3 aromatic rings. The molecule has 1 heterocycles. The average Bonchev–Trinajstić information content (AvgIpc) is 2.78. The zero-order chi connectivity index (χ0) is 14.8. The third-order valence-electron chi connectivity index (χ3n) is 3.13. The molecule has 3 rings (SSSR count). The number of nitrogens with one attached hydrogen (secondary N) is 1. The highest BCUT2D eigenvalue weighted by Crippen LogP contribution is 2.28. The molecule has 1 aromatic heterocycles. The van der Waals surface area contributed by atoms with Crippen LogP contribution in [-0.2, 0) is 0 Å². The van der Waals surface area contributed by atoms with Crippen molar-refractivity contribution in [3.05, 3.63) is 70.6 Å². The van der Waals surface area contributed by atoms with Gasteiger partial charge in [0.25, 0.3) is 5.56 Å². The number of nitrogens with two attached hydrogens (primary N) is 1. The Bertz CT molecular complexity index is 804. The van der Waals surface area contributed by atoms with Crippen LogP contribution < -0.4 is 11.3 Å². The minimum atomic E-state index is -0.0412. The summed E-state index contributed by atoms with van der Waals surface area (Å²) in [6.45, 7) is 1.90. The molecule has 3 N–H and O–H groups in total. The van der Waals surface area contributed by atoms with Crippen molar-refractivity contribution in [1.82, 2.24) is 9.78 Å². The summed E-state index contributed by atoms with van der Waals surface area (Å²) in [7, 11) is 0. The lowest BCUT2D eigenvalue weighted by atomic mass is 10.3. The van der Waals surface area contributed by atoms with Crippen LogP contribution in [0.2, 0.25) is 0 Å². The number of aromatic nitrogens is 2. The van der Waals surface area contributed by atoms with Gasteiger partial charge in [-0.1, -0.05) is 30.0 Å². The van der Waals surface area contributed by atoms with E-state index in [1.54, 1.807) is 4.68 Å². The fraction of sp³-hybridized carbons (Fsp3) is 0.0625. The summed E-state index contributed by atoms with van der Waals surface area (Å²) in [6.07, 6.45) is 0. The van der Waals surface area contributed by atoms with E-state index >= 15 is 0 Å². The summed E-state index contributed by atoms with van der Waals surface area (Å²) in [4.78, 5) is 14.2. The number of aryl methyl sites for hydroxylation is 1. The molecule has 0 aliphatic carbocycles. The fourth-order valence-electron chi connectivity index (χ4n) is 2.06. The van der Waals surface area contributed by atoms with Gasteiger partial charge in [0.05, 0.1) is 10.6 Å². The number of rotatable bonds is 3. The smallest absolute Gasteiger partial charge is 0.285 e. The summed E-state index contributed by atoms with van der Waals surface area (Å²) in [6, 6.07) is 17.0. The molecule has 0 fully saturated rings. The van der Waals surface area contributed by atoms with E-state index in [1.165, 1.54) is 11.8 Å². The molecule has 0 radical (unpaired) electrons. The van der Waals surface area contributed by atoms with Crippen LogP contribution in [0.5, 0.6) is 0 Å². The van der Waals surface area contributed by atoms with Crippen LogP contribution >= 0.6 is 11.8 Å². The van der Waals surface area contributed by atoms with Crippen molar-refractivity contribution in [2.45, 2.75) is 16.7 Å². The number of hydrogen-bond donors (Lipinski definition) is 2. The summed E-state index contributed by atoms with van der Waals surface area (Å²) >= 11 is 1.44. The quantitative estimate of drug-likeness (QED) is 0.730. The third-order valence-corrected chi connectivity index (χ3v) is 4.32. The Morgan fingerprint density at radius 3 is 2.38 bits per heavy atom. The molecule has 0 saturated carbocycles. The normalized spacial score (nSPS) is 10.7. The molecule has 0 spiro atoms. The number of nitrogen functional groups attached to an aromatic ring is 1. The van der Waals surface area contributed by atoms with Crippen molar-refractivity contribution >= 4 is 17.4 Å². The average molecular weight is 297 g/mol. The second-order valence-electron chi connectivity index (χ2n) is 4.71. The second kappa shape index (κ2) is 5.54. The number of aromatic amines is 1. The Kier molecular flexibility index (Phi) is 3.58. The van der Waals surface area contributed by atoms with Gasteiger partial charge in [0.1, 0.15) is 0 Å². The van der Waals surface area contributed by atoms with Crippen molar-refractivity contribution in [3.8, 4) is 5.69 Å². The Hall–Kier alpha value is -2.40. The highest BCUT2D eigenvalue weighted by atomic mass is 32.2. The summed E-state index contributed by atoms with van der Waals surface area (Å²) < 4.78 is 1.56. The predicted molar refractivity (Wildman–Crippen MR) is 86.1 cm³/mol. The van der Waals surface area contributed by atoms with Crippen molar-refractivity contribution < 1.29 is 0 Å². The maximum absolute atomic E-state index is 12.5. The zero-order valence-corrected chi connectivity index (χ0v) is 12.4. The highest BCUT2D eigenvalue weighted by molar-refractivity contribution is 7.99. The molecule has 0 saturated heterocycles. The molecular formula is C16H15N3OS. The predicted octanol–water partition coefficient (Wildman–Crippen LogP) is 3.21. The molecule has 0 aliphatic rings. The number of benzene rings is 2. The molecule has 106 valence electrons. The summed E-state index contributed by atoms with van der Waals surface area (Å²) in [5.74, 6) is 0. The summed E-state index contributed by atoms with van der Waals surface area (Å²) in [5, 5.41) is 3.12. The number of nitrogens with zero attached hydrogens (tertiary/aromatic N) is 1. The lowest BCUT2D eigenvalue weighted by Gasteiger charge is -2.00. The minimum Gasteiger partial charge on any atom is -0.399 e. The van der Waals surface area contributed by atoms with E-state index in [0.29, 0.717) is 10.6 Å². The highest BCUT2D eigenvalue weighted by Gasteiger charge is 2.13. The molecule has 2 aromatic carbocycles. The fourth-order valence-corrected chi connectivity index (χ4v) is 2.95. The van der Waals surface area contributed by atoms with E-state index in [2.05, 4.69) is 5.10 Å². The molecule has 0 amide bonds. The molecule has 0 atom stereocenters. The maximum Gasteiger partial charge on any atom is 0.285 e. The van der Waals surface area contributed by atoms with Crippen LogP contribution in [0.3, 0.4) is 0 Å². The first kappa shape index (κ1) is 13.6. The molecular weight excluding hydrogens is 282 g/mol. The number of anilines is 1. The van der Waals surface area contributed by atoms with E-state index in [4.69, 9.17) is 5.73 Å². The number of H-pyrrole nitrogens is 1. The molecule has 4 nitrogen and oxygen atoms in total. The molecule has 5 heteroatoms.